The molecule has 0 saturated heterocycles. The Hall–Kier alpha value is -1.35. The van der Waals surface area contributed by atoms with Crippen LogP contribution in [0.25, 0.3) is 5.57 Å². The van der Waals surface area contributed by atoms with Crippen molar-refractivity contribution in [3.05, 3.63) is 52.5 Å². The van der Waals surface area contributed by atoms with E-state index in [2.05, 4.69) is 15.9 Å². The molecule has 108 valence electrons. The van der Waals surface area contributed by atoms with Crippen LogP contribution in [0.1, 0.15) is 39.7 Å². The first-order valence-corrected chi connectivity index (χ1v) is 7.50. The summed E-state index contributed by atoms with van der Waals surface area (Å²) in [5.41, 5.74) is 2.18. The third-order valence-corrected chi connectivity index (χ3v) is 3.09. The van der Waals surface area contributed by atoms with Gasteiger partial charge < -0.3 is 4.74 Å². The summed E-state index contributed by atoms with van der Waals surface area (Å²) in [6, 6.07) is 9.88. The second-order valence-corrected chi connectivity index (χ2v) is 6.07. The average molecular weight is 337 g/mol. The molecule has 0 amide bonds. The molecule has 3 heteroatoms. The highest BCUT2D eigenvalue weighted by Gasteiger charge is 2.21. The van der Waals surface area contributed by atoms with Gasteiger partial charge in [-0.25, -0.2) is 4.79 Å². The van der Waals surface area contributed by atoms with Crippen molar-refractivity contribution in [1.82, 2.24) is 0 Å². The highest BCUT2D eigenvalue weighted by Crippen LogP contribution is 2.24. The molecule has 0 aromatic heterocycles. The Bertz CT molecular complexity index is 508. The Balaban J connectivity index is 3.14. The second kappa shape index (κ2) is 7.44. The van der Waals surface area contributed by atoms with Crippen LogP contribution in [0.2, 0.25) is 0 Å². The number of rotatable bonds is 4. The summed E-state index contributed by atoms with van der Waals surface area (Å²) >= 11 is 3.24. The van der Waals surface area contributed by atoms with Crippen molar-refractivity contribution in [2.75, 3.05) is 0 Å². The molecule has 0 fully saturated rings. The molecule has 0 unspecified atom stereocenters. The smallest absolute Gasteiger partial charge is 0.335 e. The molecule has 0 aliphatic heterocycles. The number of carbonyl (C=O) groups excluding carboxylic acids is 1. The zero-order valence-electron chi connectivity index (χ0n) is 12.4. The second-order valence-electron chi connectivity index (χ2n) is 5.54. The van der Waals surface area contributed by atoms with Gasteiger partial charge >= 0.3 is 5.97 Å². The minimum absolute atomic E-state index is 0.260. The average Bonchev–Trinajstić information content (AvgIpc) is 2.38. The van der Waals surface area contributed by atoms with Crippen LogP contribution in [0.3, 0.4) is 0 Å². The summed E-state index contributed by atoms with van der Waals surface area (Å²) in [6.45, 7) is 7.58. The van der Waals surface area contributed by atoms with Crippen LogP contribution in [-0.4, -0.2) is 11.6 Å². The zero-order valence-corrected chi connectivity index (χ0v) is 14.0. The van der Waals surface area contributed by atoms with E-state index in [-0.39, 0.29) is 5.97 Å². The number of ether oxygens (including phenoxy) is 1. The molecule has 0 aliphatic rings. The van der Waals surface area contributed by atoms with E-state index < -0.39 is 5.60 Å². The Kier molecular flexibility index (Phi) is 6.21. The first-order chi connectivity index (χ1) is 9.35. The van der Waals surface area contributed by atoms with Crippen molar-refractivity contribution >= 4 is 27.5 Å². The van der Waals surface area contributed by atoms with Crippen molar-refractivity contribution in [3.8, 4) is 0 Å². The molecule has 0 bridgehead atoms. The number of hydrogen-bond acceptors (Lipinski definition) is 2. The van der Waals surface area contributed by atoms with Gasteiger partial charge in [0.1, 0.15) is 5.60 Å². The first-order valence-electron chi connectivity index (χ1n) is 6.59. The molecule has 0 heterocycles. The van der Waals surface area contributed by atoms with E-state index in [1.54, 1.807) is 4.99 Å². The summed E-state index contributed by atoms with van der Waals surface area (Å²) in [4.78, 5) is 14.1. The highest BCUT2D eigenvalue weighted by atomic mass is 79.9. The molecule has 1 aromatic carbocycles. The van der Waals surface area contributed by atoms with E-state index in [0.717, 1.165) is 11.1 Å². The summed E-state index contributed by atoms with van der Waals surface area (Å²) in [6.07, 6.45) is 2.44. The van der Waals surface area contributed by atoms with Crippen molar-refractivity contribution in [2.45, 2.75) is 39.7 Å². The van der Waals surface area contributed by atoms with Crippen molar-refractivity contribution in [3.63, 3.8) is 0 Å². The van der Waals surface area contributed by atoms with E-state index in [9.17, 15) is 4.79 Å². The van der Waals surface area contributed by atoms with Gasteiger partial charge in [0, 0.05) is 5.57 Å². The number of esters is 1. The monoisotopic (exact) mass is 336 g/mol. The summed E-state index contributed by atoms with van der Waals surface area (Å²) in [5, 5.41) is 0. The van der Waals surface area contributed by atoms with E-state index in [1.807, 2.05) is 64.1 Å². The summed E-state index contributed by atoms with van der Waals surface area (Å²) in [5.74, 6) is -0.260. The van der Waals surface area contributed by atoms with Gasteiger partial charge in [-0.05, 0) is 50.2 Å². The van der Waals surface area contributed by atoms with Crippen LogP contribution in [0.4, 0.5) is 0 Å². The van der Waals surface area contributed by atoms with E-state index in [1.165, 1.54) is 0 Å². The van der Waals surface area contributed by atoms with Gasteiger partial charge in [0.15, 0.2) is 0 Å². The molecular formula is C17H21BrO2. The Morgan fingerprint density at radius 3 is 2.35 bits per heavy atom. The minimum atomic E-state index is -0.489. The van der Waals surface area contributed by atoms with Gasteiger partial charge in [0.2, 0.25) is 0 Å². The van der Waals surface area contributed by atoms with Crippen molar-refractivity contribution in [2.24, 2.45) is 0 Å². The molecule has 1 rings (SSSR count). The Morgan fingerprint density at radius 2 is 1.85 bits per heavy atom. The lowest BCUT2D eigenvalue weighted by molar-refractivity contribution is -0.149. The predicted octanol–water partition coefficient (Wildman–Crippen LogP) is 5.10. The lowest BCUT2D eigenvalue weighted by Crippen LogP contribution is -2.25. The number of hydrogen-bond donors (Lipinski definition) is 0. The van der Waals surface area contributed by atoms with E-state index in [4.69, 9.17) is 4.74 Å². The van der Waals surface area contributed by atoms with Gasteiger partial charge in [0.05, 0.1) is 0 Å². The van der Waals surface area contributed by atoms with Crippen LogP contribution < -0.4 is 0 Å². The third kappa shape index (κ3) is 5.33. The number of allylic oxidation sites excluding steroid dienone is 2. The SMILES string of the molecule is C/C(=C(\C/C=C/Br)C(=O)OC(C)(C)C)c1ccccc1. The lowest BCUT2D eigenvalue weighted by atomic mass is 9.99. The van der Waals surface area contributed by atoms with E-state index in [0.29, 0.717) is 12.0 Å². The molecule has 0 spiro atoms. The standard InChI is InChI=1S/C17H21BrO2/c1-13(14-9-6-5-7-10-14)15(11-8-12-18)16(19)20-17(2,3)4/h5-10,12H,11H2,1-4H3/b12-8+,15-13-. The fraction of sp³-hybridized carbons (Fsp3) is 0.353. The van der Waals surface area contributed by atoms with Gasteiger partial charge in [-0.2, -0.15) is 0 Å². The molecular weight excluding hydrogens is 316 g/mol. The largest absolute Gasteiger partial charge is 0.457 e. The lowest BCUT2D eigenvalue weighted by Gasteiger charge is -2.21. The van der Waals surface area contributed by atoms with Crippen molar-refractivity contribution < 1.29 is 9.53 Å². The van der Waals surface area contributed by atoms with Crippen LogP contribution in [0.5, 0.6) is 0 Å². The van der Waals surface area contributed by atoms with Crippen molar-refractivity contribution in [1.29, 1.82) is 0 Å². The maximum atomic E-state index is 12.4. The third-order valence-electron chi connectivity index (χ3n) is 2.72. The predicted molar refractivity (Wildman–Crippen MR) is 87.6 cm³/mol. The van der Waals surface area contributed by atoms with Gasteiger partial charge in [-0.1, -0.05) is 52.3 Å². The molecule has 2 nitrogen and oxygen atoms in total. The number of carbonyl (C=O) groups is 1. The molecule has 0 aliphatic carbocycles. The van der Waals surface area contributed by atoms with Crippen LogP contribution in [0.15, 0.2) is 47.0 Å². The molecule has 20 heavy (non-hydrogen) atoms. The quantitative estimate of drug-likeness (QED) is 0.564. The minimum Gasteiger partial charge on any atom is -0.457 e. The fourth-order valence-corrected chi connectivity index (χ4v) is 1.94. The first kappa shape index (κ1) is 16.7. The summed E-state index contributed by atoms with van der Waals surface area (Å²) < 4.78 is 5.49. The van der Waals surface area contributed by atoms with Crippen LogP contribution in [-0.2, 0) is 9.53 Å². The Labute approximate surface area is 129 Å². The normalized spacial score (nSPS) is 13.2. The topological polar surface area (TPSA) is 26.3 Å². The van der Waals surface area contributed by atoms with Gasteiger partial charge in [-0.3, -0.25) is 0 Å². The fourth-order valence-electron chi connectivity index (χ4n) is 1.75. The van der Waals surface area contributed by atoms with Crippen LogP contribution >= 0.6 is 15.9 Å². The van der Waals surface area contributed by atoms with E-state index >= 15 is 0 Å². The number of benzene rings is 1. The highest BCUT2D eigenvalue weighted by molar-refractivity contribution is 9.11. The molecule has 0 N–H and O–H groups in total. The molecule has 0 atom stereocenters. The maximum Gasteiger partial charge on any atom is 0.335 e. The van der Waals surface area contributed by atoms with Crippen LogP contribution in [0, 0.1) is 0 Å². The molecule has 0 saturated carbocycles. The van der Waals surface area contributed by atoms with Gasteiger partial charge in [0.25, 0.3) is 0 Å². The summed E-state index contributed by atoms with van der Waals surface area (Å²) in [7, 11) is 0. The van der Waals surface area contributed by atoms with Gasteiger partial charge in [-0.15, -0.1) is 0 Å². The Morgan fingerprint density at radius 1 is 1.25 bits per heavy atom. The molecule has 0 radical (unpaired) electrons. The maximum absolute atomic E-state index is 12.4. The number of halogens is 1. The molecule has 1 aromatic rings. The zero-order chi connectivity index (χ0) is 15.2.